The maximum absolute atomic E-state index is 5.51. The molecule has 19 heavy (non-hydrogen) atoms. The van der Waals surface area contributed by atoms with Crippen molar-refractivity contribution in [2.75, 3.05) is 27.4 Å². The van der Waals surface area contributed by atoms with Crippen LogP contribution in [-0.2, 0) is 9.47 Å². The van der Waals surface area contributed by atoms with Crippen LogP contribution in [0.25, 0.3) is 0 Å². The molecule has 1 fully saturated rings. The molecule has 3 atom stereocenters. The zero-order valence-corrected chi connectivity index (χ0v) is 12.0. The third-order valence-corrected chi connectivity index (χ3v) is 3.62. The number of rotatable bonds is 5. The Morgan fingerprint density at radius 2 is 2.21 bits per heavy atom. The number of likely N-dealkylation sites (N-methyl/N-ethyl adjacent to an activating group) is 1. The minimum absolute atomic E-state index is 0.115. The molecule has 1 aromatic heterocycles. The first-order valence-electron chi connectivity index (χ1n) is 6.78. The summed E-state index contributed by atoms with van der Waals surface area (Å²) in [6.45, 7) is 5.54. The largest absolute Gasteiger partial charge is 0.381 e. The number of methoxy groups -OCH3 is 1. The van der Waals surface area contributed by atoms with Gasteiger partial charge < -0.3 is 19.3 Å². The molecule has 6 heteroatoms. The number of ether oxygens (including phenoxy) is 2. The van der Waals surface area contributed by atoms with Gasteiger partial charge >= 0.3 is 0 Å². The highest BCUT2D eigenvalue weighted by atomic mass is 16.5. The molecule has 108 valence electrons. The Labute approximate surface area is 113 Å². The van der Waals surface area contributed by atoms with Gasteiger partial charge in [-0.05, 0) is 19.4 Å². The van der Waals surface area contributed by atoms with Gasteiger partial charge in [-0.3, -0.25) is 0 Å². The Bertz CT molecular complexity index is 394. The molecule has 0 spiro atoms. The third-order valence-electron chi connectivity index (χ3n) is 3.62. The number of hydrogen-bond donors (Lipinski definition) is 1. The molecule has 6 nitrogen and oxygen atoms in total. The first-order chi connectivity index (χ1) is 9.17. The molecule has 0 aromatic carbocycles. The van der Waals surface area contributed by atoms with Crippen molar-refractivity contribution in [3.63, 3.8) is 0 Å². The van der Waals surface area contributed by atoms with E-state index in [1.54, 1.807) is 7.11 Å². The summed E-state index contributed by atoms with van der Waals surface area (Å²) in [5.41, 5.74) is 0. The van der Waals surface area contributed by atoms with E-state index in [4.69, 9.17) is 14.0 Å². The van der Waals surface area contributed by atoms with Gasteiger partial charge in [-0.1, -0.05) is 19.0 Å². The highest BCUT2D eigenvalue weighted by Crippen LogP contribution is 2.28. The van der Waals surface area contributed by atoms with E-state index in [2.05, 4.69) is 29.3 Å². The SMILES string of the molecule is CNC1CCOCC1c1nc(C(OC)C(C)C)no1. The minimum Gasteiger partial charge on any atom is -0.381 e. The standard InChI is InChI=1S/C13H23N3O3/c1-8(2)11(17-4)12-15-13(19-16-12)9-7-18-6-5-10(9)14-3/h8-11,14H,5-7H2,1-4H3. The summed E-state index contributed by atoms with van der Waals surface area (Å²) in [6.07, 6.45) is 0.826. The van der Waals surface area contributed by atoms with Crippen molar-refractivity contribution in [2.45, 2.75) is 38.3 Å². The molecule has 0 amide bonds. The molecule has 1 aromatic rings. The third kappa shape index (κ3) is 3.13. The van der Waals surface area contributed by atoms with E-state index in [0.29, 0.717) is 30.3 Å². The van der Waals surface area contributed by atoms with Crippen LogP contribution in [0.3, 0.4) is 0 Å². The van der Waals surface area contributed by atoms with Gasteiger partial charge in [-0.2, -0.15) is 4.98 Å². The lowest BCUT2D eigenvalue weighted by atomic mass is 9.96. The quantitative estimate of drug-likeness (QED) is 0.873. The van der Waals surface area contributed by atoms with Gasteiger partial charge in [0.2, 0.25) is 11.7 Å². The molecule has 1 aliphatic heterocycles. The van der Waals surface area contributed by atoms with Crippen LogP contribution in [0.1, 0.15) is 44.0 Å². The predicted molar refractivity (Wildman–Crippen MR) is 69.9 cm³/mol. The molecular formula is C13H23N3O3. The molecule has 2 heterocycles. The monoisotopic (exact) mass is 269 g/mol. The zero-order valence-electron chi connectivity index (χ0n) is 12.0. The van der Waals surface area contributed by atoms with Crippen molar-refractivity contribution in [3.8, 4) is 0 Å². The molecule has 1 saturated heterocycles. The second-order valence-electron chi connectivity index (χ2n) is 5.26. The van der Waals surface area contributed by atoms with Crippen LogP contribution >= 0.6 is 0 Å². The zero-order chi connectivity index (χ0) is 13.8. The summed E-state index contributed by atoms with van der Waals surface area (Å²) < 4.78 is 16.3. The van der Waals surface area contributed by atoms with Crippen LogP contribution in [0.4, 0.5) is 0 Å². The van der Waals surface area contributed by atoms with Gasteiger partial charge in [0.05, 0.1) is 12.5 Å². The highest BCUT2D eigenvalue weighted by Gasteiger charge is 2.32. The van der Waals surface area contributed by atoms with Crippen LogP contribution in [0.2, 0.25) is 0 Å². The topological polar surface area (TPSA) is 69.4 Å². The molecule has 1 aliphatic rings. The van der Waals surface area contributed by atoms with E-state index in [1.165, 1.54) is 0 Å². The first-order valence-corrected chi connectivity index (χ1v) is 6.78. The van der Waals surface area contributed by atoms with E-state index in [-0.39, 0.29) is 12.0 Å². The summed E-state index contributed by atoms with van der Waals surface area (Å²) in [5, 5.41) is 7.35. The fourth-order valence-electron chi connectivity index (χ4n) is 2.52. The van der Waals surface area contributed by atoms with Crippen molar-refractivity contribution in [1.29, 1.82) is 0 Å². The number of nitrogens with zero attached hydrogens (tertiary/aromatic N) is 2. The normalized spacial score (nSPS) is 25.7. The molecule has 0 aliphatic carbocycles. The van der Waals surface area contributed by atoms with Crippen LogP contribution in [0.15, 0.2) is 4.52 Å². The van der Waals surface area contributed by atoms with E-state index in [9.17, 15) is 0 Å². The Kier molecular flexibility index (Phi) is 4.90. The summed E-state index contributed by atoms with van der Waals surface area (Å²) in [4.78, 5) is 4.50. The van der Waals surface area contributed by atoms with E-state index < -0.39 is 0 Å². The smallest absolute Gasteiger partial charge is 0.233 e. The van der Waals surface area contributed by atoms with Gasteiger partial charge in [0.25, 0.3) is 0 Å². The Balaban J connectivity index is 2.15. The average molecular weight is 269 g/mol. The fourth-order valence-corrected chi connectivity index (χ4v) is 2.52. The van der Waals surface area contributed by atoms with Crippen LogP contribution in [0, 0.1) is 5.92 Å². The number of nitrogens with one attached hydrogen (secondary N) is 1. The number of aromatic nitrogens is 2. The van der Waals surface area contributed by atoms with Gasteiger partial charge in [0.15, 0.2) is 0 Å². The Hall–Kier alpha value is -0.980. The van der Waals surface area contributed by atoms with E-state index >= 15 is 0 Å². The maximum atomic E-state index is 5.51. The van der Waals surface area contributed by atoms with Crippen LogP contribution in [0.5, 0.6) is 0 Å². The second kappa shape index (κ2) is 6.45. The van der Waals surface area contributed by atoms with E-state index in [0.717, 1.165) is 13.0 Å². The van der Waals surface area contributed by atoms with Gasteiger partial charge in [-0.25, -0.2) is 0 Å². The lowest BCUT2D eigenvalue weighted by Crippen LogP contribution is -2.39. The fraction of sp³-hybridized carbons (Fsp3) is 0.846. The van der Waals surface area contributed by atoms with Gasteiger partial charge in [0.1, 0.15) is 6.10 Å². The summed E-state index contributed by atoms with van der Waals surface area (Å²) >= 11 is 0. The molecule has 1 N–H and O–H groups in total. The molecule has 2 rings (SSSR count). The molecule has 0 saturated carbocycles. The minimum atomic E-state index is -0.130. The summed E-state index contributed by atoms with van der Waals surface area (Å²) in [6, 6.07) is 0.321. The van der Waals surface area contributed by atoms with Crippen molar-refractivity contribution in [1.82, 2.24) is 15.5 Å². The molecular weight excluding hydrogens is 246 g/mol. The van der Waals surface area contributed by atoms with Crippen molar-refractivity contribution in [2.24, 2.45) is 5.92 Å². The van der Waals surface area contributed by atoms with Crippen molar-refractivity contribution < 1.29 is 14.0 Å². The lowest BCUT2D eigenvalue weighted by Gasteiger charge is -2.28. The molecule has 3 unspecified atom stereocenters. The van der Waals surface area contributed by atoms with Crippen molar-refractivity contribution >= 4 is 0 Å². The Morgan fingerprint density at radius 3 is 2.84 bits per heavy atom. The maximum Gasteiger partial charge on any atom is 0.233 e. The van der Waals surface area contributed by atoms with Crippen molar-refractivity contribution in [3.05, 3.63) is 11.7 Å². The summed E-state index contributed by atoms with van der Waals surface area (Å²) in [5.74, 6) is 1.67. The van der Waals surface area contributed by atoms with E-state index in [1.807, 2.05) is 7.05 Å². The molecule has 0 radical (unpaired) electrons. The van der Waals surface area contributed by atoms with Crippen LogP contribution in [-0.4, -0.2) is 43.6 Å². The summed E-state index contributed by atoms with van der Waals surface area (Å²) in [7, 11) is 3.62. The van der Waals surface area contributed by atoms with Gasteiger partial charge in [-0.15, -0.1) is 0 Å². The first kappa shape index (κ1) is 14.4. The van der Waals surface area contributed by atoms with Gasteiger partial charge in [0, 0.05) is 19.8 Å². The van der Waals surface area contributed by atoms with Crippen LogP contribution < -0.4 is 5.32 Å². The Morgan fingerprint density at radius 1 is 1.42 bits per heavy atom. The predicted octanol–water partition coefficient (Wildman–Crippen LogP) is 1.50. The highest BCUT2D eigenvalue weighted by molar-refractivity contribution is 5.02. The second-order valence-corrected chi connectivity index (χ2v) is 5.26. The lowest BCUT2D eigenvalue weighted by molar-refractivity contribution is 0.0514. The molecule has 0 bridgehead atoms. The number of hydrogen-bond acceptors (Lipinski definition) is 6. The average Bonchev–Trinajstić information content (AvgIpc) is 2.88.